The van der Waals surface area contributed by atoms with Crippen molar-refractivity contribution in [3.8, 4) is 0 Å². The van der Waals surface area contributed by atoms with Gasteiger partial charge in [0.05, 0.1) is 11.1 Å². The minimum Gasteiger partial charge on any atom is -0.353 e. The van der Waals surface area contributed by atoms with Crippen molar-refractivity contribution in [1.29, 1.82) is 0 Å². The number of hydrogen-bond donors (Lipinski definition) is 1. The van der Waals surface area contributed by atoms with Crippen LogP contribution in [0.5, 0.6) is 0 Å². The fraction of sp³-hybridized carbons (Fsp3) is 0.312. The van der Waals surface area contributed by atoms with Crippen molar-refractivity contribution in [2.24, 2.45) is 0 Å². The first-order valence-electron chi connectivity index (χ1n) is 6.81. The number of anilines is 1. The molecule has 0 amide bonds. The first-order chi connectivity index (χ1) is 10.0. The molecule has 0 radical (unpaired) electrons. The van der Waals surface area contributed by atoms with Crippen LogP contribution in [0, 0.1) is 0 Å². The van der Waals surface area contributed by atoms with Crippen LogP contribution in [0.25, 0.3) is 0 Å². The fourth-order valence-corrected chi connectivity index (χ4v) is 2.67. The van der Waals surface area contributed by atoms with E-state index in [1.54, 1.807) is 6.20 Å². The van der Waals surface area contributed by atoms with Crippen LogP contribution in [0.4, 0.5) is 5.82 Å². The normalized spacial score (nSPS) is 12.2. The summed E-state index contributed by atoms with van der Waals surface area (Å²) in [6.07, 6.45) is 1.69. The average molecular weight is 324 g/mol. The quantitative estimate of drug-likeness (QED) is 0.888. The van der Waals surface area contributed by atoms with Gasteiger partial charge in [0.1, 0.15) is 5.82 Å². The van der Waals surface area contributed by atoms with Crippen LogP contribution in [-0.4, -0.2) is 19.1 Å². The number of benzene rings is 1. The van der Waals surface area contributed by atoms with Gasteiger partial charge in [0.25, 0.3) is 0 Å². The molecule has 1 aromatic carbocycles. The number of hydrogen-bond acceptors (Lipinski definition) is 3. The highest BCUT2D eigenvalue weighted by Gasteiger charge is 2.16. The van der Waals surface area contributed by atoms with Gasteiger partial charge < -0.3 is 10.2 Å². The Kier molecular flexibility index (Phi) is 5.45. The minimum absolute atomic E-state index is 0.120. The third kappa shape index (κ3) is 3.67. The lowest BCUT2D eigenvalue weighted by atomic mass is 10.1. The molecule has 0 saturated carbocycles. The molecule has 2 rings (SSSR count). The van der Waals surface area contributed by atoms with Gasteiger partial charge in [-0.1, -0.05) is 41.4 Å². The maximum absolute atomic E-state index is 6.28. The molecule has 0 fully saturated rings. The molecule has 0 aliphatic carbocycles. The maximum Gasteiger partial charge on any atom is 0.129 e. The number of rotatable bonds is 5. The van der Waals surface area contributed by atoms with Crippen LogP contribution < -0.4 is 10.2 Å². The first-order valence-corrected chi connectivity index (χ1v) is 7.56. The van der Waals surface area contributed by atoms with Gasteiger partial charge in [-0.05, 0) is 37.2 Å². The minimum atomic E-state index is 0.120. The van der Waals surface area contributed by atoms with Gasteiger partial charge in [-0.25, -0.2) is 4.98 Å². The van der Waals surface area contributed by atoms with E-state index in [0.717, 1.165) is 22.0 Å². The van der Waals surface area contributed by atoms with Crippen molar-refractivity contribution in [2.45, 2.75) is 19.5 Å². The Hall–Kier alpha value is -1.29. The number of halogens is 2. The zero-order valence-electron chi connectivity index (χ0n) is 12.4. The molecule has 0 saturated heterocycles. The zero-order valence-corrected chi connectivity index (χ0v) is 13.9. The standard InChI is InChI=1S/C16H19Cl2N3/c1-11(13-6-4-5-7-14(13)17)21(3)16-8-12(9-19-2)15(18)10-20-16/h4-8,10-11,19H,9H2,1-3H3. The molecular formula is C16H19Cl2N3. The van der Waals surface area contributed by atoms with Crippen molar-refractivity contribution in [1.82, 2.24) is 10.3 Å². The molecule has 1 aromatic heterocycles. The molecule has 0 aliphatic heterocycles. The van der Waals surface area contributed by atoms with Gasteiger partial charge >= 0.3 is 0 Å². The Morgan fingerprint density at radius 3 is 2.62 bits per heavy atom. The van der Waals surface area contributed by atoms with E-state index < -0.39 is 0 Å². The van der Waals surface area contributed by atoms with E-state index >= 15 is 0 Å². The number of aromatic nitrogens is 1. The highest BCUT2D eigenvalue weighted by atomic mass is 35.5. The predicted molar refractivity (Wildman–Crippen MR) is 90.3 cm³/mol. The van der Waals surface area contributed by atoms with Gasteiger partial charge in [-0.3, -0.25) is 0 Å². The monoisotopic (exact) mass is 323 g/mol. The third-order valence-electron chi connectivity index (χ3n) is 3.59. The molecule has 2 aromatic rings. The van der Waals surface area contributed by atoms with E-state index in [-0.39, 0.29) is 6.04 Å². The van der Waals surface area contributed by atoms with Crippen LogP contribution in [0.3, 0.4) is 0 Å². The van der Waals surface area contributed by atoms with E-state index in [1.807, 2.05) is 44.4 Å². The molecule has 0 spiro atoms. The van der Waals surface area contributed by atoms with Crippen molar-refractivity contribution in [3.05, 3.63) is 57.7 Å². The third-order valence-corrected chi connectivity index (χ3v) is 4.27. The number of nitrogens with one attached hydrogen (secondary N) is 1. The summed E-state index contributed by atoms with van der Waals surface area (Å²) in [5, 5.41) is 4.55. The largest absolute Gasteiger partial charge is 0.353 e. The highest BCUT2D eigenvalue weighted by Crippen LogP contribution is 2.30. The Balaban J connectivity index is 2.29. The van der Waals surface area contributed by atoms with Gasteiger partial charge in [-0.2, -0.15) is 0 Å². The van der Waals surface area contributed by atoms with Crippen LogP contribution in [0.1, 0.15) is 24.1 Å². The summed E-state index contributed by atoms with van der Waals surface area (Å²) >= 11 is 12.4. The van der Waals surface area contributed by atoms with Crippen LogP contribution in [-0.2, 0) is 6.54 Å². The number of pyridine rings is 1. The Morgan fingerprint density at radius 1 is 1.24 bits per heavy atom. The lowest BCUT2D eigenvalue weighted by molar-refractivity contribution is 0.726. The van der Waals surface area contributed by atoms with E-state index in [4.69, 9.17) is 23.2 Å². The molecule has 0 aliphatic rings. The van der Waals surface area contributed by atoms with Gasteiger partial charge in [-0.15, -0.1) is 0 Å². The molecule has 1 N–H and O–H groups in total. The molecule has 1 unspecified atom stereocenters. The summed E-state index contributed by atoms with van der Waals surface area (Å²) in [4.78, 5) is 6.51. The van der Waals surface area contributed by atoms with Crippen LogP contribution in [0.2, 0.25) is 10.0 Å². The Morgan fingerprint density at radius 2 is 1.95 bits per heavy atom. The summed E-state index contributed by atoms with van der Waals surface area (Å²) in [6.45, 7) is 2.82. The van der Waals surface area contributed by atoms with E-state index in [1.165, 1.54) is 0 Å². The van der Waals surface area contributed by atoms with Crippen LogP contribution >= 0.6 is 23.2 Å². The second kappa shape index (κ2) is 7.12. The van der Waals surface area contributed by atoms with E-state index in [2.05, 4.69) is 22.1 Å². The number of nitrogens with zero attached hydrogens (tertiary/aromatic N) is 2. The topological polar surface area (TPSA) is 28.2 Å². The van der Waals surface area contributed by atoms with Crippen molar-refractivity contribution in [2.75, 3.05) is 19.0 Å². The molecule has 21 heavy (non-hydrogen) atoms. The van der Waals surface area contributed by atoms with Crippen LogP contribution in [0.15, 0.2) is 36.5 Å². The first kappa shape index (κ1) is 16.1. The van der Waals surface area contributed by atoms with E-state index in [0.29, 0.717) is 11.6 Å². The Labute approximate surface area is 135 Å². The summed E-state index contributed by atoms with van der Waals surface area (Å²) in [5.41, 5.74) is 2.11. The van der Waals surface area contributed by atoms with Crippen molar-refractivity contribution < 1.29 is 0 Å². The fourth-order valence-electron chi connectivity index (χ4n) is 2.21. The predicted octanol–water partition coefficient (Wildman–Crippen LogP) is 4.31. The molecule has 112 valence electrons. The lowest BCUT2D eigenvalue weighted by Crippen LogP contribution is -2.23. The van der Waals surface area contributed by atoms with E-state index in [9.17, 15) is 0 Å². The smallest absolute Gasteiger partial charge is 0.129 e. The van der Waals surface area contributed by atoms with Gasteiger partial charge in [0.2, 0.25) is 0 Å². The second-order valence-electron chi connectivity index (χ2n) is 4.97. The summed E-state index contributed by atoms with van der Waals surface area (Å²) in [7, 11) is 3.90. The molecule has 1 atom stereocenters. The second-order valence-corrected chi connectivity index (χ2v) is 5.79. The summed E-state index contributed by atoms with van der Waals surface area (Å²) in [5.74, 6) is 0.872. The van der Waals surface area contributed by atoms with Crippen molar-refractivity contribution >= 4 is 29.0 Å². The van der Waals surface area contributed by atoms with Gasteiger partial charge in [0, 0.05) is 24.8 Å². The SMILES string of the molecule is CNCc1cc(N(C)C(C)c2ccccc2Cl)ncc1Cl. The summed E-state index contributed by atoms with van der Waals surface area (Å²) in [6, 6.07) is 10.00. The molecular weight excluding hydrogens is 305 g/mol. The van der Waals surface area contributed by atoms with Gasteiger partial charge in [0.15, 0.2) is 0 Å². The highest BCUT2D eigenvalue weighted by molar-refractivity contribution is 6.31. The molecule has 3 nitrogen and oxygen atoms in total. The van der Waals surface area contributed by atoms with Crippen molar-refractivity contribution in [3.63, 3.8) is 0 Å². The molecule has 1 heterocycles. The lowest BCUT2D eigenvalue weighted by Gasteiger charge is -2.27. The molecule has 0 bridgehead atoms. The zero-order chi connectivity index (χ0) is 15.4. The Bertz CT molecular complexity index is 616. The average Bonchev–Trinajstić information content (AvgIpc) is 2.49. The maximum atomic E-state index is 6.28. The molecule has 5 heteroatoms. The summed E-state index contributed by atoms with van der Waals surface area (Å²) < 4.78 is 0.